The number of carbonyl (C=O) groups excluding carboxylic acids is 1. The van der Waals surface area contributed by atoms with Crippen LogP contribution in [-0.2, 0) is 6.54 Å². The van der Waals surface area contributed by atoms with Crippen LogP contribution in [0.4, 0.5) is 10.5 Å². The van der Waals surface area contributed by atoms with E-state index in [1.54, 1.807) is 11.3 Å². The molecule has 3 N–H and O–H groups in total. The van der Waals surface area contributed by atoms with Crippen molar-refractivity contribution in [3.63, 3.8) is 0 Å². The van der Waals surface area contributed by atoms with Crippen molar-refractivity contribution in [2.45, 2.75) is 6.54 Å². The van der Waals surface area contributed by atoms with Crippen molar-refractivity contribution in [3.05, 3.63) is 51.2 Å². The van der Waals surface area contributed by atoms with Gasteiger partial charge in [-0.3, -0.25) is 0 Å². The van der Waals surface area contributed by atoms with E-state index < -0.39 is 5.97 Å². The molecule has 7 heteroatoms. The highest BCUT2D eigenvalue weighted by Crippen LogP contribution is 2.20. The molecule has 2 amide bonds. The Morgan fingerprint density at radius 1 is 1.30 bits per heavy atom. The molecule has 2 aromatic rings. The standard InChI is InChI=1S/C13H11ClN2O3S/c14-11-5-9(1-2-10(11)12(17)18)16-13(19)15-6-8-3-4-20-7-8/h1-5,7H,6H2,(H,17,18)(H2,15,16,19). The molecular weight excluding hydrogens is 300 g/mol. The third kappa shape index (κ3) is 3.72. The van der Waals surface area contributed by atoms with Gasteiger partial charge in [-0.05, 0) is 40.6 Å². The minimum atomic E-state index is -1.11. The van der Waals surface area contributed by atoms with Crippen LogP contribution >= 0.6 is 22.9 Å². The van der Waals surface area contributed by atoms with E-state index >= 15 is 0 Å². The Hall–Kier alpha value is -2.05. The first kappa shape index (κ1) is 14.4. The Morgan fingerprint density at radius 3 is 2.70 bits per heavy atom. The topological polar surface area (TPSA) is 78.4 Å². The maximum atomic E-state index is 11.7. The number of halogens is 1. The molecule has 2 rings (SSSR count). The molecule has 0 aliphatic rings. The second kappa shape index (κ2) is 6.40. The number of benzene rings is 1. The van der Waals surface area contributed by atoms with E-state index in [2.05, 4.69) is 10.6 Å². The monoisotopic (exact) mass is 310 g/mol. The lowest BCUT2D eigenvalue weighted by Crippen LogP contribution is -2.28. The Kier molecular flexibility index (Phi) is 4.60. The van der Waals surface area contributed by atoms with Crippen molar-refractivity contribution in [3.8, 4) is 0 Å². The van der Waals surface area contributed by atoms with Crippen molar-refractivity contribution in [1.29, 1.82) is 0 Å². The van der Waals surface area contributed by atoms with Gasteiger partial charge in [-0.25, -0.2) is 9.59 Å². The van der Waals surface area contributed by atoms with Crippen molar-refractivity contribution in [2.75, 3.05) is 5.32 Å². The molecule has 0 spiro atoms. The van der Waals surface area contributed by atoms with E-state index in [1.807, 2.05) is 16.8 Å². The van der Waals surface area contributed by atoms with Gasteiger partial charge in [-0.2, -0.15) is 11.3 Å². The van der Waals surface area contributed by atoms with Gasteiger partial charge in [-0.1, -0.05) is 11.6 Å². The lowest BCUT2D eigenvalue weighted by atomic mass is 10.2. The first-order valence-corrected chi connectivity index (χ1v) is 6.97. The summed E-state index contributed by atoms with van der Waals surface area (Å²) in [5, 5.41) is 18.1. The number of thiophene rings is 1. The van der Waals surface area contributed by atoms with Crippen LogP contribution in [0.15, 0.2) is 35.0 Å². The van der Waals surface area contributed by atoms with E-state index in [0.717, 1.165) is 5.56 Å². The third-order valence-corrected chi connectivity index (χ3v) is 3.54. The van der Waals surface area contributed by atoms with Gasteiger partial charge in [-0.15, -0.1) is 0 Å². The summed E-state index contributed by atoms with van der Waals surface area (Å²) in [6, 6.07) is 5.77. The molecule has 20 heavy (non-hydrogen) atoms. The molecule has 0 saturated heterocycles. The van der Waals surface area contributed by atoms with Crippen LogP contribution in [0.1, 0.15) is 15.9 Å². The Labute approximate surface area is 124 Å². The summed E-state index contributed by atoms with van der Waals surface area (Å²) in [6.45, 7) is 0.427. The summed E-state index contributed by atoms with van der Waals surface area (Å²) in [5.74, 6) is -1.11. The van der Waals surface area contributed by atoms with Crippen LogP contribution in [0, 0.1) is 0 Å². The molecule has 0 radical (unpaired) electrons. The van der Waals surface area contributed by atoms with Crippen LogP contribution in [0.3, 0.4) is 0 Å². The van der Waals surface area contributed by atoms with Gasteiger partial charge in [0, 0.05) is 12.2 Å². The summed E-state index contributed by atoms with van der Waals surface area (Å²) >= 11 is 7.37. The van der Waals surface area contributed by atoms with Crippen LogP contribution in [0.2, 0.25) is 5.02 Å². The van der Waals surface area contributed by atoms with Gasteiger partial charge in [0.1, 0.15) is 0 Å². The molecular formula is C13H11ClN2O3S. The minimum absolute atomic E-state index is 0.00380. The van der Waals surface area contributed by atoms with Crippen molar-refractivity contribution in [1.82, 2.24) is 5.32 Å². The minimum Gasteiger partial charge on any atom is -0.478 e. The Bertz CT molecular complexity index is 629. The lowest BCUT2D eigenvalue weighted by molar-refractivity contribution is 0.0697. The second-order valence-electron chi connectivity index (χ2n) is 3.94. The highest BCUT2D eigenvalue weighted by atomic mass is 35.5. The van der Waals surface area contributed by atoms with Crippen LogP contribution in [-0.4, -0.2) is 17.1 Å². The van der Waals surface area contributed by atoms with Gasteiger partial charge in [0.25, 0.3) is 0 Å². The number of hydrogen-bond acceptors (Lipinski definition) is 3. The molecule has 0 fully saturated rings. The zero-order chi connectivity index (χ0) is 14.5. The van der Waals surface area contributed by atoms with E-state index in [4.69, 9.17) is 16.7 Å². The number of aromatic carboxylic acids is 1. The number of anilines is 1. The Balaban J connectivity index is 1.94. The summed E-state index contributed by atoms with van der Waals surface area (Å²) in [6.07, 6.45) is 0. The smallest absolute Gasteiger partial charge is 0.337 e. The third-order valence-electron chi connectivity index (χ3n) is 2.49. The van der Waals surface area contributed by atoms with Crippen molar-refractivity contribution >= 4 is 40.6 Å². The lowest BCUT2D eigenvalue weighted by Gasteiger charge is -2.08. The highest BCUT2D eigenvalue weighted by molar-refractivity contribution is 7.07. The number of carboxylic acids is 1. The van der Waals surface area contributed by atoms with Crippen LogP contribution in [0.25, 0.3) is 0 Å². The first-order chi connectivity index (χ1) is 9.56. The normalized spacial score (nSPS) is 10.1. The summed E-state index contributed by atoms with van der Waals surface area (Å²) in [4.78, 5) is 22.5. The first-order valence-electron chi connectivity index (χ1n) is 5.65. The van der Waals surface area contributed by atoms with Gasteiger partial charge < -0.3 is 15.7 Å². The maximum Gasteiger partial charge on any atom is 0.337 e. The molecule has 0 bridgehead atoms. The molecule has 0 unspecified atom stereocenters. The molecule has 1 aromatic carbocycles. The predicted octanol–water partition coefficient (Wildman–Crippen LogP) is 3.42. The number of urea groups is 1. The number of nitrogens with one attached hydrogen (secondary N) is 2. The van der Waals surface area contributed by atoms with Crippen molar-refractivity contribution < 1.29 is 14.7 Å². The zero-order valence-corrected chi connectivity index (χ0v) is 11.8. The van der Waals surface area contributed by atoms with Gasteiger partial charge in [0.05, 0.1) is 10.6 Å². The van der Waals surface area contributed by atoms with E-state index in [9.17, 15) is 9.59 Å². The molecule has 5 nitrogen and oxygen atoms in total. The highest BCUT2D eigenvalue weighted by Gasteiger charge is 2.10. The van der Waals surface area contributed by atoms with E-state index in [0.29, 0.717) is 12.2 Å². The van der Waals surface area contributed by atoms with Crippen LogP contribution < -0.4 is 10.6 Å². The zero-order valence-electron chi connectivity index (χ0n) is 10.2. The molecule has 0 aliphatic carbocycles. The van der Waals surface area contributed by atoms with E-state index in [-0.39, 0.29) is 16.6 Å². The quantitative estimate of drug-likeness (QED) is 0.809. The summed E-state index contributed by atoms with van der Waals surface area (Å²) in [5.41, 5.74) is 1.45. The summed E-state index contributed by atoms with van der Waals surface area (Å²) < 4.78 is 0. The second-order valence-corrected chi connectivity index (χ2v) is 5.13. The number of rotatable bonds is 4. The van der Waals surface area contributed by atoms with Crippen molar-refractivity contribution in [2.24, 2.45) is 0 Å². The average molecular weight is 311 g/mol. The number of hydrogen-bond donors (Lipinski definition) is 3. The molecule has 0 atom stereocenters. The molecule has 0 saturated carbocycles. The fourth-order valence-corrected chi connectivity index (χ4v) is 2.45. The maximum absolute atomic E-state index is 11.7. The number of carbonyl (C=O) groups is 2. The van der Waals surface area contributed by atoms with Gasteiger partial charge in [0.15, 0.2) is 0 Å². The number of carboxylic acid groups (broad SMARTS) is 1. The Morgan fingerprint density at radius 2 is 2.10 bits per heavy atom. The molecule has 0 aliphatic heterocycles. The largest absolute Gasteiger partial charge is 0.478 e. The predicted molar refractivity (Wildman–Crippen MR) is 78.6 cm³/mol. The summed E-state index contributed by atoms with van der Waals surface area (Å²) in [7, 11) is 0. The SMILES string of the molecule is O=C(NCc1ccsc1)Nc1ccc(C(=O)O)c(Cl)c1. The molecule has 1 aromatic heterocycles. The number of amides is 2. The van der Waals surface area contributed by atoms with E-state index in [1.165, 1.54) is 18.2 Å². The average Bonchev–Trinajstić information content (AvgIpc) is 2.89. The van der Waals surface area contributed by atoms with Gasteiger partial charge >= 0.3 is 12.0 Å². The van der Waals surface area contributed by atoms with Crippen LogP contribution in [0.5, 0.6) is 0 Å². The fraction of sp³-hybridized carbons (Fsp3) is 0.0769. The van der Waals surface area contributed by atoms with Gasteiger partial charge in [0.2, 0.25) is 0 Å². The molecule has 1 heterocycles. The molecule has 104 valence electrons. The fourth-order valence-electron chi connectivity index (χ4n) is 1.52.